The van der Waals surface area contributed by atoms with E-state index in [4.69, 9.17) is 9.15 Å². The highest BCUT2D eigenvalue weighted by Gasteiger charge is 2.12. The van der Waals surface area contributed by atoms with Crippen molar-refractivity contribution >= 4 is 11.8 Å². The van der Waals surface area contributed by atoms with Crippen LogP contribution in [0.3, 0.4) is 0 Å². The SMILES string of the molecule is COc1cccc(-n2ccnc2SCc2nnc(-c3ccc(C)cc3)o2)c1. The molecule has 0 aliphatic rings. The predicted octanol–water partition coefficient (Wildman–Crippen LogP) is 4.53. The fourth-order valence-corrected chi connectivity index (χ4v) is 3.41. The quantitative estimate of drug-likeness (QED) is 0.459. The second kappa shape index (κ2) is 7.67. The minimum atomic E-state index is 0.529. The van der Waals surface area contributed by atoms with Crippen molar-refractivity contribution in [1.82, 2.24) is 19.7 Å². The Bertz CT molecular complexity index is 1040. The fourth-order valence-electron chi connectivity index (χ4n) is 2.60. The molecule has 4 rings (SSSR count). The van der Waals surface area contributed by atoms with Gasteiger partial charge in [-0.25, -0.2) is 4.98 Å². The van der Waals surface area contributed by atoms with Crippen LogP contribution in [0.25, 0.3) is 17.1 Å². The molecular formula is C20H18N4O2S. The molecule has 0 fully saturated rings. The summed E-state index contributed by atoms with van der Waals surface area (Å²) in [6.07, 6.45) is 3.69. The van der Waals surface area contributed by atoms with Gasteiger partial charge in [0.05, 0.1) is 18.6 Å². The molecule has 0 saturated heterocycles. The molecule has 0 spiro atoms. The van der Waals surface area contributed by atoms with Gasteiger partial charge in [-0.05, 0) is 31.2 Å². The Hall–Kier alpha value is -3.06. The number of aryl methyl sites for hydroxylation is 1. The second-order valence-corrected chi connectivity index (χ2v) is 6.88. The molecule has 0 saturated carbocycles. The number of methoxy groups -OCH3 is 1. The predicted molar refractivity (Wildman–Crippen MR) is 104 cm³/mol. The molecule has 2 aromatic heterocycles. The first-order valence-electron chi connectivity index (χ1n) is 8.43. The third-order valence-corrected chi connectivity index (χ3v) is 4.98. The Morgan fingerprint density at radius 2 is 1.96 bits per heavy atom. The molecule has 0 amide bonds. The molecule has 0 N–H and O–H groups in total. The van der Waals surface area contributed by atoms with E-state index in [2.05, 4.69) is 15.2 Å². The van der Waals surface area contributed by atoms with Crippen molar-refractivity contribution in [3.05, 3.63) is 72.4 Å². The van der Waals surface area contributed by atoms with Gasteiger partial charge in [-0.1, -0.05) is 35.5 Å². The summed E-state index contributed by atoms with van der Waals surface area (Å²) in [6.45, 7) is 2.05. The lowest BCUT2D eigenvalue weighted by atomic mass is 10.1. The number of thioether (sulfide) groups is 1. The summed E-state index contributed by atoms with van der Waals surface area (Å²) >= 11 is 1.54. The van der Waals surface area contributed by atoms with Crippen molar-refractivity contribution in [2.45, 2.75) is 17.8 Å². The second-order valence-electron chi connectivity index (χ2n) is 5.94. The maximum atomic E-state index is 5.79. The molecule has 4 aromatic rings. The molecular weight excluding hydrogens is 360 g/mol. The molecule has 2 heterocycles. The molecule has 0 aliphatic carbocycles. The minimum absolute atomic E-state index is 0.529. The number of nitrogens with zero attached hydrogens (tertiary/aromatic N) is 4. The minimum Gasteiger partial charge on any atom is -0.497 e. The van der Waals surface area contributed by atoms with E-state index < -0.39 is 0 Å². The van der Waals surface area contributed by atoms with Crippen LogP contribution in [0.4, 0.5) is 0 Å². The zero-order chi connectivity index (χ0) is 18.6. The highest BCUT2D eigenvalue weighted by atomic mass is 32.2. The summed E-state index contributed by atoms with van der Waals surface area (Å²) in [5.41, 5.74) is 3.10. The Kier molecular flexibility index (Phi) is 4.93. The van der Waals surface area contributed by atoms with Crippen LogP contribution in [-0.4, -0.2) is 26.9 Å². The molecule has 0 bridgehead atoms. The van der Waals surface area contributed by atoms with E-state index in [1.54, 1.807) is 25.1 Å². The van der Waals surface area contributed by atoms with E-state index in [1.165, 1.54) is 5.56 Å². The first-order valence-corrected chi connectivity index (χ1v) is 9.41. The van der Waals surface area contributed by atoms with Crippen molar-refractivity contribution in [2.75, 3.05) is 7.11 Å². The lowest BCUT2D eigenvalue weighted by Gasteiger charge is -2.08. The number of aromatic nitrogens is 4. The highest BCUT2D eigenvalue weighted by molar-refractivity contribution is 7.98. The zero-order valence-electron chi connectivity index (χ0n) is 15.0. The molecule has 0 unspecified atom stereocenters. The standard InChI is InChI=1S/C20H18N4O2S/c1-14-6-8-15(9-7-14)19-23-22-18(26-19)13-27-20-21-10-11-24(20)16-4-3-5-17(12-16)25-2/h3-12H,13H2,1-2H3. The van der Waals surface area contributed by atoms with Crippen LogP contribution in [0.15, 0.2) is 70.5 Å². The van der Waals surface area contributed by atoms with Crippen molar-refractivity contribution in [3.63, 3.8) is 0 Å². The lowest BCUT2D eigenvalue weighted by Crippen LogP contribution is -1.96. The van der Waals surface area contributed by atoms with Gasteiger partial charge in [0, 0.05) is 24.0 Å². The van der Waals surface area contributed by atoms with Crippen LogP contribution in [-0.2, 0) is 5.75 Å². The summed E-state index contributed by atoms with van der Waals surface area (Å²) in [7, 11) is 1.66. The smallest absolute Gasteiger partial charge is 0.247 e. The summed E-state index contributed by atoms with van der Waals surface area (Å²) in [6, 6.07) is 15.9. The van der Waals surface area contributed by atoms with Gasteiger partial charge >= 0.3 is 0 Å². The van der Waals surface area contributed by atoms with Crippen molar-refractivity contribution in [3.8, 4) is 22.9 Å². The molecule has 27 heavy (non-hydrogen) atoms. The van der Waals surface area contributed by atoms with E-state index in [0.29, 0.717) is 17.5 Å². The number of hydrogen-bond donors (Lipinski definition) is 0. The number of ether oxygens (including phenoxy) is 1. The highest BCUT2D eigenvalue weighted by Crippen LogP contribution is 2.26. The van der Waals surface area contributed by atoms with Crippen LogP contribution in [0.2, 0.25) is 0 Å². The van der Waals surface area contributed by atoms with Crippen LogP contribution in [0.1, 0.15) is 11.5 Å². The Labute approximate surface area is 161 Å². The molecule has 6 nitrogen and oxygen atoms in total. The molecule has 7 heteroatoms. The summed E-state index contributed by atoms with van der Waals surface area (Å²) in [5.74, 6) is 2.44. The molecule has 136 valence electrons. The van der Waals surface area contributed by atoms with E-state index in [0.717, 1.165) is 22.2 Å². The number of imidazole rings is 1. The third-order valence-electron chi connectivity index (χ3n) is 4.03. The van der Waals surface area contributed by atoms with Crippen LogP contribution >= 0.6 is 11.8 Å². The van der Waals surface area contributed by atoms with Crippen molar-refractivity contribution in [2.24, 2.45) is 0 Å². The monoisotopic (exact) mass is 378 g/mol. The largest absolute Gasteiger partial charge is 0.497 e. The Balaban J connectivity index is 1.49. The third kappa shape index (κ3) is 3.88. The van der Waals surface area contributed by atoms with Gasteiger partial charge in [-0.3, -0.25) is 4.57 Å². The molecule has 0 atom stereocenters. The van der Waals surface area contributed by atoms with Gasteiger partial charge in [0.2, 0.25) is 11.8 Å². The van der Waals surface area contributed by atoms with Gasteiger partial charge in [0.25, 0.3) is 0 Å². The maximum Gasteiger partial charge on any atom is 0.247 e. The van der Waals surface area contributed by atoms with E-state index in [1.807, 2.05) is 66.2 Å². The molecule has 0 aliphatic heterocycles. The molecule has 2 aromatic carbocycles. The van der Waals surface area contributed by atoms with Gasteiger partial charge in [-0.2, -0.15) is 0 Å². The number of rotatable bonds is 6. The van der Waals surface area contributed by atoms with Crippen LogP contribution < -0.4 is 4.74 Å². The van der Waals surface area contributed by atoms with E-state index in [9.17, 15) is 0 Å². The van der Waals surface area contributed by atoms with Gasteiger partial charge in [0.1, 0.15) is 5.75 Å². The lowest BCUT2D eigenvalue weighted by molar-refractivity contribution is 0.414. The first-order chi connectivity index (χ1) is 13.2. The van der Waals surface area contributed by atoms with Gasteiger partial charge < -0.3 is 9.15 Å². The topological polar surface area (TPSA) is 66.0 Å². The van der Waals surface area contributed by atoms with Crippen molar-refractivity contribution in [1.29, 1.82) is 0 Å². The summed E-state index contributed by atoms with van der Waals surface area (Å²) in [5, 5.41) is 9.14. The average molecular weight is 378 g/mol. The van der Waals surface area contributed by atoms with Crippen LogP contribution in [0, 0.1) is 6.92 Å². The summed E-state index contributed by atoms with van der Waals surface area (Å²) in [4.78, 5) is 4.43. The van der Waals surface area contributed by atoms with Gasteiger partial charge in [0.15, 0.2) is 5.16 Å². The first kappa shape index (κ1) is 17.4. The maximum absolute atomic E-state index is 5.79. The Morgan fingerprint density at radius 1 is 1.11 bits per heavy atom. The fraction of sp³-hybridized carbons (Fsp3) is 0.150. The van der Waals surface area contributed by atoms with Crippen LogP contribution in [0.5, 0.6) is 5.75 Å². The normalized spacial score (nSPS) is 10.9. The van der Waals surface area contributed by atoms with E-state index >= 15 is 0 Å². The van der Waals surface area contributed by atoms with Crippen molar-refractivity contribution < 1.29 is 9.15 Å². The zero-order valence-corrected chi connectivity index (χ0v) is 15.8. The van der Waals surface area contributed by atoms with Gasteiger partial charge in [-0.15, -0.1) is 10.2 Å². The molecule has 0 radical (unpaired) electrons. The average Bonchev–Trinajstić information content (AvgIpc) is 3.36. The number of benzene rings is 2. The number of hydrogen-bond acceptors (Lipinski definition) is 6. The van der Waals surface area contributed by atoms with E-state index in [-0.39, 0.29) is 0 Å². The Morgan fingerprint density at radius 3 is 2.78 bits per heavy atom. The summed E-state index contributed by atoms with van der Waals surface area (Å²) < 4.78 is 13.1.